The van der Waals surface area contributed by atoms with Gasteiger partial charge in [0.2, 0.25) is 5.91 Å². The minimum absolute atomic E-state index is 0.0182. The van der Waals surface area contributed by atoms with Crippen molar-refractivity contribution in [1.29, 1.82) is 0 Å². The molecule has 0 saturated heterocycles. The first-order valence-corrected chi connectivity index (χ1v) is 9.21. The molecule has 5 nitrogen and oxygen atoms in total. The highest BCUT2D eigenvalue weighted by atomic mass is 32.2. The molecule has 24 heavy (non-hydrogen) atoms. The van der Waals surface area contributed by atoms with Gasteiger partial charge in [-0.15, -0.1) is 11.8 Å². The maximum atomic E-state index is 12.6. The van der Waals surface area contributed by atoms with E-state index in [0.29, 0.717) is 11.5 Å². The van der Waals surface area contributed by atoms with Crippen LogP contribution in [0.25, 0.3) is 0 Å². The second-order valence-electron chi connectivity index (χ2n) is 7.02. The Kier molecular flexibility index (Phi) is 6.29. The first-order chi connectivity index (χ1) is 11.3. The maximum Gasteiger partial charge on any atom is 0.251 e. The number of thioether (sulfide) groups is 1. The predicted octanol–water partition coefficient (Wildman–Crippen LogP) is 2.83. The zero-order valence-corrected chi connectivity index (χ0v) is 15.9. The summed E-state index contributed by atoms with van der Waals surface area (Å²) in [5, 5.41) is 5.89. The highest BCUT2D eigenvalue weighted by Crippen LogP contribution is 2.35. The molecule has 0 radical (unpaired) electrons. The number of nitrogens with one attached hydrogen (secondary N) is 2. The number of hydrogen-bond acceptors (Lipinski definition) is 4. The molecule has 2 rings (SSSR count). The van der Waals surface area contributed by atoms with Gasteiger partial charge in [0, 0.05) is 23.0 Å². The fourth-order valence-electron chi connectivity index (χ4n) is 2.81. The molecule has 1 aromatic rings. The van der Waals surface area contributed by atoms with Crippen molar-refractivity contribution in [2.75, 3.05) is 26.0 Å². The van der Waals surface area contributed by atoms with Gasteiger partial charge in [0.05, 0.1) is 10.9 Å². The molecule has 0 spiro atoms. The summed E-state index contributed by atoms with van der Waals surface area (Å²) >= 11 is 1.52. The minimum atomic E-state index is -0.104. The molecule has 1 aliphatic heterocycles. The fraction of sp³-hybridized carbons (Fsp3) is 0.556. The summed E-state index contributed by atoms with van der Waals surface area (Å²) in [6.07, 6.45) is 0.930. The van der Waals surface area contributed by atoms with Gasteiger partial charge < -0.3 is 15.5 Å². The largest absolute Gasteiger partial charge is 0.348 e. The number of anilines is 1. The Bertz CT molecular complexity index is 606. The topological polar surface area (TPSA) is 61.4 Å². The Morgan fingerprint density at radius 2 is 2.08 bits per heavy atom. The lowest BCUT2D eigenvalue weighted by atomic mass is 10.0. The number of carbonyl (C=O) groups excluding carboxylic acids is 2. The van der Waals surface area contributed by atoms with E-state index in [-0.39, 0.29) is 23.1 Å². The van der Waals surface area contributed by atoms with Crippen LogP contribution in [0.5, 0.6) is 0 Å². The van der Waals surface area contributed by atoms with E-state index < -0.39 is 0 Å². The smallest absolute Gasteiger partial charge is 0.251 e. The first kappa shape index (κ1) is 18.8. The van der Waals surface area contributed by atoms with Crippen molar-refractivity contribution in [3.63, 3.8) is 0 Å². The highest BCUT2D eigenvalue weighted by Gasteiger charge is 2.24. The van der Waals surface area contributed by atoms with Gasteiger partial charge in [-0.1, -0.05) is 13.8 Å². The summed E-state index contributed by atoms with van der Waals surface area (Å²) in [4.78, 5) is 27.5. The summed E-state index contributed by atoms with van der Waals surface area (Å²) in [5.41, 5.74) is 1.31. The normalized spacial score (nSPS) is 18.3. The second kappa shape index (κ2) is 8.03. The van der Waals surface area contributed by atoms with E-state index in [4.69, 9.17) is 0 Å². The van der Waals surface area contributed by atoms with Gasteiger partial charge in [-0.05, 0) is 51.6 Å². The number of nitrogens with zero attached hydrogens (tertiary/aromatic N) is 1. The molecular weight excluding hydrogens is 322 g/mol. The second-order valence-corrected chi connectivity index (χ2v) is 8.41. The third-order valence-electron chi connectivity index (χ3n) is 3.85. The maximum absolute atomic E-state index is 12.6. The Balaban J connectivity index is 2.11. The third-order valence-corrected chi connectivity index (χ3v) is 5.03. The van der Waals surface area contributed by atoms with Crippen LogP contribution in [0.2, 0.25) is 0 Å². The summed E-state index contributed by atoms with van der Waals surface area (Å²) in [6.45, 7) is 6.99. The molecule has 2 atom stereocenters. The van der Waals surface area contributed by atoms with Crippen molar-refractivity contribution in [3.8, 4) is 0 Å². The Morgan fingerprint density at radius 3 is 2.71 bits per heavy atom. The lowest BCUT2D eigenvalue weighted by Crippen LogP contribution is -2.42. The zero-order chi connectivity index (χ0) is 17.9. The lowest BCUT2D eigenvalue weighted by molar-refractivity contribution is -0.115. The van der Waals surface area contributed by atoms with E-state index in [1.807, 2.05) is 33.2 Å². The van der Waals surface area contributed by atoms with Gasteiger partial charge in [-0.25, -0.2) is 0 Å². The number of amides is 2. The van der Waals surface area contributed by atoms with Crippen LogP contribution >= 0.6 is 11.8 Å². The molecule has 6 heteroatoms. The van der Waals surface area contributed by atoms with E-state index in [9.17, 15) is 9.59 Å². The van der Waals surface area contributed by atoms with Crippen LogP contribution in [0.4, 0.5) is 5.69 Å². The number of hydrogen-bond donors (Lipinski definition) is 2. The van der Waals surface area contributed by atoms with E-state index in [1.165, 1.54) is 11.8 Å². The number of benzene rings is 1. The summed E-state index contributed by atoms with van der Waals surface area (Å²) in [7, 11) is 4.01. The molecule has 0 saturated carbocycles. The van der Waals surface area contributed by atoms with Gasteiger partial charge in [0.25, 0.3) is 5.91 Å². The van der Waals surface area contributed by atoms with Gasteiger partial charge in [-0.3, -0.25) is 9.59 Å². The predicted molar refractivity (Wildman–Crippen MR) is 99.7 cm³/mol. The van der Waals surface area contributed by atoms with E-state index in [0.717, 1.165) is 23.5 Å². The van der Waals surface area contributed by atoms with Gasteiger partial charge >= 0.3 is 0 Å². The molecule has 0 fully saturated rings. The Labute approximate surface area is 148 Å². The number of fused-ring (bicyclic) bond motifs is 1. The highest BCUT2D eigenvalue weighted by molar-refractivity contribution is 8.00. The average Bonchev–Trinajstić information content (AvgIpc) is 2.46. The molecule has 0 aromatic heterocycles. The Hall–Kier alpha value is -1.53. The van der Waals surface area contributed by atoms with Crippen molar-refractivity contribution in [3.05, 3.63) is 23.8 Å². The van der Waals surface area contributed by atoms with Gasteiger partial charge in [0.1, 0.15) is 0 Å². The van der Waals surface area contributed by atoms with Crippen molar-refractivity contribution in [2.45, 2.75) is 43.4 Å². The van der Waals surface area contributed by atoms with Crippen molar-refractivity contribution < 1.29 is 9.59 Å². The molecular formula is C18H27N3O2S. The van der Waals surface area contributed by atoms with Crippen LogP contribution in [0.3, 0.4) is 0 Å². The lowest BCUT2D eigenvalue weighted by Gasteiger charge is -2.25. The zero-order valence-electron chi connectivity index (χ0n) is 15.1. The number of rotatable bonds is 6. The van der Waals surface area contributed by atoms with E-state index in [1.54, 1.807) is 6.07 Å². The van der Waals surface area contributed by atoms with Crippen LogP contribution in [0.1, 0.15) is 37.6 Å². The SMILES string of the molecule is CC(C)C[C@H](CN(C)C)NC(=O)c1ccc2c(c1)NC(=O)[C@@H](C)S2. The molecule has 132 valence electrons. The van der Waals surface area contributed by atoms with Crippen molar-refractivity contribution >= 4 is 29.3 Å². The quantitative estimate of drug-likeness (QED) is 0.829. The van der Waals surface area contributed by atoms with Crippen LogP contribution in [0, 0.1) is 5.92 Å². The Morgan fingerprint density at radius 1 is 1.38 bits per heavy atom. The minimum Gasteiger partial charge on any atom is -0.348 e. The molecule has 2 amide bonds. The average molecular weight is 350 g/mol. The molecule has 1 aliphatic rings. The molecule has 1 aromatic carbocycles. The monoisotopic (exact) mass is 349 g/mol. The van der Waals surface area contributed by atoms with Crippen LogP contribution in [0.15, 0.2) is 23.1 Å². The number of carbonyl (C=O) groups is 2. The summed E-state index contributed by atoms with van der Waals surface area (Å²) < 4.78 is 0. The van der Waals surface area contributed by atoms with E-state index in [2.05, 4.69) is 29.4 Å². The summed E-state index contributed by atoms with van der Waals surface area (Å²) in [5.74, 6) is 0.398. The summed E-state index contributed by atoms with van der Waals surface area (Å²) in [6, 6.07) is 5.61. The fourth-order valence-corrected chi connectivity index (χ4v) is 3.74. The molecule has 0 aliphatic carbocycles. The molecule has 0 bridgehead atoms. The van der Waals surface area contributed by atoms with Crippen molar-refractivity contribution in [1.82, 2.24) is 10.2 Å². The van der Waals surface area contributed by atoms with Crippen LogP contribution < -0.4 is 10.6 Å². The number of likely N-dealkylation sites (N-methyl/N-ethyl adjacent to an activating group) is 1. The standard InChI is InChI=1S/C18H27N3O2S/c1-11(2)8-14(10-21(4)5)19-18(23)13-6-7-16-15(9-13)20-17(22)12(3)24-16/h6-7,9,11-12,14H,8,10H2,1-5H3,(H,19,23)(H,20,22)/t12-,14-/m1/s1. The van der Waals surface area contributed by atoms with Crippen LogP contribution in [-0.2, 0) is 4.79 Å². The van der Waals surface area contributed by atoms with E-state index >= 15 is 0 Å². The first-order valence-electron chi connectivity index (χ1n) is 8.33. The molecule has 2 N–H and O–H groups in total. The van der Waals surface area contributed by atoms with Crippen molar-refractivity contribution in [2.24, 2.45) is 5.92 Å². The molecule has 1 heterocycles. The van der Waals surface area contributed by atoms with Crippen LogP contribution in [-0.4, -0.2) is 48.6 Å². The third kappa shape index (κ3) is 4.98. The molecule has 0 unspecified atom stereocenters. The van der Waals surface area contributed by atoms with Gasteiger partial charge in [0.15, 0.2) is 0 Å². The van der Waals surface area contributed by atoms with Gasteiger partial charge in [-0.2, -0.15) is 0 Å².